The van der Waals surface area contributed by atoms with Gasteiger partial charge in [-0.2, -0.15) is 0 Å². The summed E-state index contributed by atoms with van der Waals surface area (Å²) in [6.45, 7) is 18.7. The van der Waals surface area contributed by atoms with E-state index in [9.17, 15) is 5.11 Å². The first kappa shape index (κ1) is 24.6. The van der Waals surface area contributed by atoms with Crippen molar-refractivity contribution >= 4 is 18.7 Å². The van der Waals surface area contributed by atoms with Crippen molar-refractivity contribution in [3.8, 4) is 0 Å². The molecule has 172 valence electrons. The molecule has 0 saturated carbocycles. The fourth-order valence-electron chi connectivity index (χ4n) is 4.53. The summed E-state index contributed by atoms with van der Waals surface area (Å²) in [7, 11) is -2.70. The Hall–Kier alpha value is -2.02. The van der Waals surface area contributed by atoms with Gasteiger partial charge in [-0.3, -0.25) is 0 Å². The number of hydrogen-bond acceptors (Lipinski definition) is 4. The van der Waals surface area contributed by atoms with Gasteiger partial charge < -0.3 is 19.0 Å². The molecule has 2 aromatic carbocycles. The van der Waals surface area contributed by atoms with Gasteiger partial charge in [0.05, 0.1) is 6.61 Å². The van der Waals surface area contributed by atoms with Crippen molar-refractivity contribution in [2.24, 2.45) is 0 Å². The molecule has 1 saturated heterocycles. The van der Waals surface area contributed by atoms with E-state index in [0.29, 0.717) is 6.61 Å². The molecular weight excluding hydrogens is 416 g/mol. The lowest BCUT2D eigenvalue weighted by Gasteiger charge is -2.43. The Morgan fingerprint density at radius 2 is 1.56 bits per heavy atom. The van der Waals surface area contributed by atoms with Crippen molar-refractivity contribution < 1.29 is 19.0 Å². The van der Waals surface area contributed by atoms with E-state index < -0.39 is 32.4 Å². The van der Waals surface area contributed by atoms with E-state index >= 15 is 0 Å². The van der Waals surface area contributed by atoms with E-state index in [4.69, 9.17) is 13.9 Å². The SMILES string of the molecule is C=C[C@@H](O)[C@@H]1OC(C)(C)O[C@@H]1C(=C)CO[Si](c1ccccc1)(c1ccccc1)C(C)(C)C. The molecule has 2 aromatic rings. The van der Waals surface area contributed by atoms with E-state index in [1.165, 1.54) is 16.4 Å². The standard InChI is InChI=1S/C27H36O4Si/c1-8-23(28)25-24(30-27(6,7)31-25)20(2)19-29-32(26(3,4)5,21-15-11-9-12-16-21)22-17-13-10-14-18-22/h8-18,23-25,28H,1-2,19H2,3-7H3/t23-,24-,25+/m1/s1. The summed E-state index contributed by atoms with van der Waals surface area (Å²) in [4.78, 5) is 0. The highest BCUT2D eigenvalue weighted by atomic mass is 28.4. The average Bonchev–Trinajstić information content (AvgIpc) is 3.09. The number of rotatable bonds is 8. The zero-order valence-corrected chi connectivity index (χ0v) is 20.9. The quantitative estimate of drug-likeness (QED) is 0.482. The van der Waals surface area contributed by atoms with Gasteiger partial charge in [-0.15, -0.1) is 6.58 Å². The number of aliphatic hydroxyl groups excluding tert-OH is 1. The molecule has 1 N–H and O–H groups in total. The first-order valence-electron chi connectivity index (χ1n) is 11.1. The minimum atomic E-state index is -2.70. The van der Waals surface area contributed by atoms with Gasteiger partial charge in [0, 0.05) is 0 Å². The van der Waals surface area contributed by atoms with Gasteiger partial charge in [-0.05, 0) is 34.8 Å². The monoisotopic (exact) mass is 452 g/mol. The van der Waals surface area contributed by atoms with Gasteiger partial charge in [0.25, 0.3) is 8.32 Å². The van der Waals surface area contributed by atoms with E-state index in [2.05, 4.69) is 82.5 Å². The van der Waals surface area contributed by atoms with Crippen LogP contribution in [-0.4, -0.2) is 44.1 Å². The zero-order valence-electron chi connectivity index (χ0n) is 19.9. The van der Waals surface area contributed by atoms with Crippen molar-refractivity contribution in [1.82, 2.24) is 0 Å². The normalized spacial score (nSPS) is 21.8. The Morgan fingerprint density at radius 1 is 1.06 bits per heavy atom. The lowest BCUT2D eigenvalue weighted by atomic mass is 10.0. The third kappa shape index (κ3) is 4.82. The second kappa shape index (κ2) is 9.46. The van der Waals surface area contributed by atoms with Crippen LogP contribution in [0.15, 0.2) is 85.5 Å². The highest BCUT2D eigenvalue weighted by Gasteiger charge is 2.51. The largest absolute Gasteiger partial charge is 0.403 e. The van der Waals surface area contributed by atoms with Crippen LogP contribution in [0.3, 0.4) is 0 Å². The predicted octanol–water partition coefficient (Wildman–Crippen LogP) is 4.19. The van der Waals surface area contributed by atoms with E-state index in [1.807, 2.05) is 26.0 Å². The second-order valence-electron chi connectivity index (χ2n) is 9.86. The van der Waals surface area contributed by atoms with Gasteiger partial charge >= 0.3 is 0 Å². The summed E-state index contributed by atoms with van der Waals surface area (Å²) < 4.78 is 19.0. The van der Waals surface area contributed by atoms with Crippen molar-refractivity contribution in [3.05, 3.63) is 85.5 Å². The van der Waals surface area contributed by atoms with Gasteiger partial charge in [0.1, 0.15) is 18.3 Å². The molecule has 0 aliphatic carbocycles. The summed E-state index contributed by atoms with van der Waals surface area (Å²) in [6, 6.07) is 21.0. The molecule has 0 aromatic heterocycles. The molecule has 0 radical (unpaired) electrons. The van der Waals surface area contributed by atoms with Crippen LogP contribution >= 0.6 is 0 Å². The third-order valence-electron chi connectivity index (χ3n) is 6.00. The number of ether oxygens (including phenoxy) is 2. The van der Waals surface area contributed by atoms with Crippen LogP contribution in [-0.2, 0) is 13.9 Å². The smallest absolute Gasteiger partial charge is 0.261 e. The fourth-order valence-corrected chi connectivity index (χ4v) is 9.09. The molecule has 0 bridgehead atoms. The average molecular weight is 453 g/mol. The van der Waals surface area contributed by atoms with E-state index in [1.54, 1.807) is 0 Å². The fraction of sp³-hybridized carbons (Fsp3) is 0.407. The molecule has 0 unspecified atom stereocenters. The van der Waals surface area contributed by atoms with Gasteiger partial charge in [-0.1, -0.05) is 94.1 Å². The zero-order chi connectivity index (χ0) is 23.6. The van der Waals surface area contributed by atoms with Gasteiger partial charge in [-0.25, -0.2) is 0 Å². The Kier molecular flexibility index (Phi) is 7.27. The third-order valence-corrected chi connectivity index (χ3v) is 11.0. The molecule has 4 nitrogen and oxygen atoms in total. The van der Waals surface area contributed by atoms with Crippen molar-refractivity contribution in [2.75, 3.05) is 6.61 Å². The number of benzene rings is 2. The van der Waals surface area contributed by atoms with Crippen LogP contribution in [0.25, 0.3) is 0 Å². The van der Waals surface area contributed by atoms with Crippen LogP contribution in [0, 0.1) is 0 Å². The molecule has 3 rings (SSSR count). The summed E-state index contributed by atoms with van der Waals surface area (Å²) in [5.74, 6) is -0.820. The highest BCUT2D eigenvalue weighted by molar-refractivity contribution is 6.99. The summed E-state index contributed by atoms with van der Waals surface area (Å²) >= 11 is 0. The Bertz CT molecular complexity index is 878. The summed E-state index contributed by atoms with van der Waals surface area (Å²) in [5.41, 5.74) is 0.745. The first-order chi connectivity index (χ1) is 15.0. The van der Waals surface area contributed by atoms with Crippen LogP contribution < -0.4 is 10.4 Å². The van der Waals surface area contributed by atoms with Crippen LogP contribution in [0.5, 0.6) is 0 Å². The molecule has 1 aliphatic heterocycles. The van der Waals surface area contributed by atoms with Crippen LogP contribution in [0.2, 0.25) is 5.04 Å². The molecule has 5 heteroatoms. The summed E-state index contributed by atoms with van der Waals surface area (Å²) in [5, 5.41) is 12.7. The Morgan fingerprint density at radius 3 is 2.00 bits per heavy atom. The Labute approximate surface area is 193 Å². The highest BCUT2D eigenvalue weighted by Crippen LogP contribution is 2.38. The molecule has 3 atom stereocenters. The molecule has 1 fully saturated rings. The first-order valence-corrected chi connectivity index (χ1v) is 13.0. The topological polar surface area (TPSA) is 47.9 Å². The second-order valence-corrected chi connectivity index (χ2v) is 14.2. The maximum Gasteiger partial charge on any atom is 0.261 e. The van der Waals surface area contributed by atoms with Crippen molar-refractivity contribution in [2.45, 2.75) is 63.8 Å². The molecular formula is C27H36O4Si. The number of hydrogen-bond donors (Lipinski definition) is 1. The van der Waals surface area contributed by atoms with Gasteiger partial charge in [0.2, 0.25) is 0 Å². The van der Waals surface area contributed by atoms with Crippen LogP contribution in [0.1, 0.15) is 34.6 Å². The maximum atomic E-state index is 10.4. The summed E-state index contributed by atoms with van der Waals surface area (Å²) in [6.07, 6.45) is -0.445. The van der Waals surface area contributed by atoms with Crippen molar-refractivity contribution in [1.29, 1.82) is 0 Å². The molecule has 32 heavy (non-hydrogen) atoms. The minimum Gasteiger partial charge on any atom is -0.403 e. The molecule has 0 amide bonds. The Balaban J connectivity index is 1.98. The maximum absolute atomic E-state index is 10.4. The predicted molar refractivity (Wildman–Crippen MR) is 133 cm³/mol. The van der Waals surface area contributed by atoms with Crippen molar-refractivity contribution in [3.63, 3.8) is 0 Å². The number of aliphatic hydroxyl groups is 1. The molecule has 1 aliphatic rings. The van der Waals surface area contributed by atoms with E-state index in [0.717, 1.165) is 5.57 Å². The lowest BCUT2D eigenvalue weighted by Crippen LogP contribution is -2.66. The molecule has 1 heterocycles. The minimum absolute atomic E-state index is 0.137. The lowest BCUT2D eigenvalue weighted by molar-refractivity contribution is -0.151. The van der Waals surface area contributed by atoms with Gasteiger partial charge in [0.15, 0.2) is 5.79 Å². The van der Waals surface area contributed by atoms with E-state index in [-0.39, 0.29) is 5.04 Å². The molecule has 0 spiro atoms. The van der Waals surface area contributed by atoms with Crippen LogP contribution in [0.4, 0.5) is 0 Å².